The van der Waals surface area contributed by atoms with Crippen LogP contribution in [-0.4, -0.2) is 23.5 Å². The molecule has 0 bridgehead atoms. The van der Waals surface area contributed by atoms with Crippen LogP contribution in [0.5, 0.6) is 0 Å². The van der Waals surface area contributed by atoms with E-state index in [1.54, 1.807) is 12.1 Å². The van der Waals surface area contributed by atoms with Gasteiger partial charge < -0.3 is 4.74 Å². The highest BCUT2D eigenvalue weighted by molar-refractivity contribution is 9.10. The maximum Gasteiger partial charge on any atom is 0.417 e. The number of amides is 2. The Balaban J connectivity index is 1.72. The Morgan fingerprint density at radius 3 is 2.71 bits per heavy atom. The summed E-state index contributed by atoms with van der Waals surface area (Å²) in [6.07, 6.45) is 0.157. The number of carbonyl (C=O) groups is 2. The maximum atomic E-state index is 12.6. The molecule has 0 N–H and O–H groups in total. The van der Waals surface area contributed by atoms with Crippen molar-refractivity contribution in [2.75, 3.05) is 6.61 Å². The van der Waals surface area contributed by atoms with E-state index < -0.39 is 6.09 Å². The Hall–Kier alpha value is -1.85. The molecular formula is C18H15BrClNO3. The molecule has 1 aliphatic rings. The minimum Gasteiger partial charge on any atom is -0.446 e. The van der Waals surface area contributed by atoms with E-state index in [-0.39, 0.29) is 25.0 Å². The molecule has 1 saturated heterocycles. The van der Waals surface area contributed by atoms with E-state index in [4.69, 9.17) is 16.3 Å². The van der Waals surface area contributed by atoms with E-state index in [1.807, 2.05) is 36.4 Å². The van der Waals surface area contributed by atoms with E-state index in [9.17, 15) is 9.59 Å². The zero-order chi connectivity index (χ0) is 17.1. The summed E-state index contributed by atoms with van der Waals surface area (Å²) < 4.78 is 5.94. The summed E-state index contributed by atoms with van der Waals surface area (Å²) >= 11 is 9.36. The van der Waals surface area contributed by atoms with Crippen molar-refractivity contribution in [2.24, 2.45) is 0 Å². The van der Waals surface area contributed by atoms with Gasteiger partial charge in [0.05, 0.1) is 0 Å². The molecule has 4 nitrogen and oxygen atoms in total. The molecule has 0 saturated carbocycles. The SMILES string of the molecule is O=C(CCc1ccc(Cl)cc1Br)N1C(=O)OC[C@H]1c1ccccc1. The van der Waals surface area contributed by atoms with E-state index in [1.165, 1.54) is 4.90 Å². The van der Waals surface area contributed by atoms with Crippen molar-refractivity contribution >= 4 is 39.5 Å². The third kappa shape index (κ3) is 3.62. The molecule has 3 rings (SSSR count). The lowest BCUT2D eigenvalue weighted by molar-refractivity contribution is -0.129. The molecule has 1 atom stereocenters. The summed E-state index contributed by atoms with van der Waals surface area (Å²) in [4.78, 5) is 25.8. The van der Waals surface area contributed by atoms with Crippen molar-refractivity contribution in [3.63, 3.8) is 0 Å². The number of aryl methyl sites for hydroxylation is 1. The highest BCUT2D eigenvalue weighted by atomic mass is 79.9. The molecule has 0 unspecified atom stereocenters. The zero-order valence-electron chi connectivity index (χ0n) is 12.7. The van der Waals surface area contributed by atoms with Crippen LogP contribution in [0.15, 0.2) is 53.0 Å². The van der Waals surface area contributed by atoms with Crippen molar-refractivity contribution < 1.29 is 14.3 Å². The van der Waals surface area contributed by atoms with Crippen LogP contribution in [0.25, 0.3) is 0 Å². The predicted octanol–water partition coefficient (Wildman–Crippen LogP) is 4.76. The summed E-state index contributed by atoms with van der Waals surface area (Å²) in [5, 5.41) is 0.629. The average molecular weight is 409 g/mol. The van der Waals surface area contributed by atoms with Crippen molar-refractivity contribution in [1.29, 1.82) is 0 Å². The molecule has 2 aromatic carbocycles. The molecule has 24 heavy (non-hydrogen) atoms. The number of benzene rings is 2. The number of nitrogens with zero attached hydrogens (tertiary/aromatic N) is 1. The second-order valence-electron chi connectivity index (χ2n) is 5.50. The average Bonchev–Trinajstić information content (AvgIpc) is 2.96. The summed E-state index contributed by atoms with van der Waals surface area (Å²) in [6.45, 7) is 0.194. The second kappa shape index (κ2) is 7.36. The summed E-state index contributed by atoms with van der Waals surface area (Å²) in [5.41, 5.74) is 1.86. The second-order valence-corrected chi connectivity index (χ2v) is 6.79. The third-order valence-corrected chi connectivity index (χ3v) is 4.92. The van der Waals surface area contributed by atoms with Crippen LogP contribution in [0, 0.1) is 0 Å². The molecular weight excluding hydrogens is 394 g/mol. The highest BCUT2D eigenvalue weighted by Gasteiger charge is 2.38. The number of cyclic esters (lactones) is 1. The fourth-order valence-electron chi connectivity index (χ4n) is 2.70. The minimum atomic E-state index is -0.580. The fourth-order valence-corrected chi connectivity index (χ4v) is 3.59. The number of halogens is 2. The van der Waals surface area contributed by atoms with Crippen molar-refractivity contribution in [3.8, 4) is 0 Å². The van der Waals surface area contributed by atoms with Crippen LogP contribution in [0.4, 0.5) is 4.79 Å². The first-order chi connectivity index (χ1) is 11.6. The molecule has 1 fully saturated rings. The molecule has 0 aromatic heterocycles. The van der Waals surface area contributed by atoms with Gasteiger partial charge >= 0.3 is 6.09 Å². The van der Waals surface area contributed by atoms with Gasteiger partial charge in [-0.05, 0) is 29.7 Å². The first-order valence-corrected chi connectivity index (χ1v) is 8.71. The molecule has 0 radical (unpaired) electrons. The Labute approximate surface area is 153 Å². The van der Waals surface area contributed by atoms with Gasteiger partial charge in [0, 0.05) is 15.9 Å². The molecule has 2 aromatic rings. The highest BCUT2D eigenvalue weighted by Crippen LogP contribution is 2.29. The summed E-state index contributed by atoms with van der Waals surface area (Å²) in [6, 6.07) is 14.5. The van der Waals surface area contributed by atoms with E-state index in [2.05, 4.69) is 15.9 Å². The van der Waals surface area contributed by atoms with Crippen molar-refractivity contribution in [2.45, 2.75) is 18.9 Å². The van der Waals surface area contributed by atoms with Gasteiger partial charge in [0.25, 0.3) is 0 Å². The third-order valence-electron chi connectivity index (χ3n) is 3.95. The number of rotatable bonds is 4. The monoisotopic (exact) mass is 407 g/mol. The van der Waals surface area contributed by atoms with Gasteiger partial charge in [-0.2, -0.15) is 0 Å². The largest absolute Gasteiger partial charge is 0.446 e. The zero-order valence-corrected chi connectivity index (χ0v) is 15.1. The van der Waals surface area contributed by atoms with Gasteiger partial charge in [-0.1, -0.05) is 63.9 Å². The van der Waals surface area contributed by atoms with Gasteiger partial charge in [0.1, 0.15) is 12.6 Å². The topological polar surface area (TPSA) is 46.6 Å². The lowest BCUT2D eigenvalue weighted by Crippen LogP contribution is -2.34. The standard InChI is InChI=1S/C18H15BrClNO3/c19-15-10-14(20)8-6-12(15)7-9-17(22)21-16(11-24-18(21)23)13-4-2-1-3-5-13/h1-6,8,10,16H,7,9,11H2/t16-/m0/s1. The summed E-state index contributed by atoms with van der Waals surface area (Å²) in [5.74, 6) is -0.242. The molecule has 0 aliphatic carbocycles. The van der Waals surface area contributed by atoms with Gasteiger partial charge in [0.2, 0.25) is 5.91 Å². The van der Waals surface area contributed by atoms with Crippen LogP contribution in [-0.2, 0) is 16.0 Å². The lowest BCUT2D eigenvalue weighted by atomic mass is 10.1. The first-order valence-electron chi connectivity index (χ1n) is 7.54. The Morgan fingerprint density at radius 1 is 1.25 bits per heavy atom. The van der Waals surface area contributed by atoms with Gasteiger partial charge in [-0.25, -0.2) is 9.69 Å². The fraction of sp³-hybridized carbons (Fsp3) is 0.222. The minimum absolute atomic E-state index is 0.194. The van der Waals surface area contributed by atoms with Crippen molar-refractivity contribution in [3.05, 3.63) is 69.2 Å². The first kappa shape index (κ1) is 17.0. The Bertz CT molecular complexity index is 766. The molecule has 124 valence electrons. The number of imide groups is 1. The summed E-state index contributed by atoms with van der Waals surface area (Å²) in [7, 11) is 0. The number of carbonyl (C=O) groups excluding carboxylic acids is 2. The molecule has 2 amide bonds. The van der Waals surface area contributed by atoms with Gasteiger partial charge in [0.15, 0.2) is 0 Å². The smallest absolute Gasteiger partial charge is 0.417 e. The van der Waals surface area contributed by atoms with Crippen LogP contribution in [0.1, 0.15) is 23.6 Å². The Morgan fingerprint density at radius 2 is 2.00 bits per heavy atom. The molecule has 6 heteroatoms. The van der Waals surface area contributed by atoms with Crippen LogP contribution >= 0.6 is 27.5 Å². The van der Waals surface area contributed by atoms with Gasteiger partial charge in [-0.15, -0.1) is 0 Å². The van der Waals surface area contributed by atoms with Gasteiger partial charge in [-0.3, -0.25) is 4.79 Å². The number of ether oxygens (including phenoxy) is 1. The van der Waals surface area contributed by atoms with Crippen LogP contribution in [0.3, 0.4) is 0 Å². The number of hydrogen-bond acceptors (Lipinski definition) is 3. The molecule has 1 heterocycles. The normalized spacial score (nSPS) is 17.0. The molecule has 1 aliphatic heterocycles. The van der Waals surface area contributed by atoms with Crippen LogP contribution < -0.4 is 0 Å². The van der Waals surface area contributed by atoms with E-state index >= 15 is 0 Å². The van der Waals surface area contributed by atoms with Crippen molar-refractivity contribution in [1.82, 2.24) is 4.90 Å². The predicted molar refractivity (Wildman–Crippen MR) is 94.9 cm³/mol. The maximum absolute atomic E-state index is 12.6. The quantitative estimate of drug-likeness (QED) is 0.733. The van der Waals surface area contributed by atoms with Crippen LogP contribution in [0.2, 0.25) is 5.02 Å². The molecule has 0 spiro atoms. The number of hydrogen-bond donors (Lipinski definition) is 0. The van der Waals surface area contributed by atoms with E-state index in [0.29, 0.717) is 11.4 Å². The van der Waals surface area contributed by atoms with E-state index in [0.717, 1.165) is 15.6 Å². The lowest BCUT2D eigenvalue weighted by Gasteiger charge is -2.20. The Kier molecular flexibility index (Phi) is 5.21.